The summed E-state index contributed by atoms with van der Waals surface area (Å²) < 4.78 is 0. The number of hydrogen-bond donors (Lipinski definition) is 2. The molecule has 2 aromatic rings. The summed E-state index contributed by atoms with van der Waals surface area (Å²) in [5.74, 6) is 1.27. The van der Waals surface area contributed by atoms with E-state index in [1.54, 1.807) is 0 Å². The molecule has 0 saturated heterocycles. The van der Waals surface area contributed by atoms with E-state index in [-0.39, 0.29) is 0 Å². The topological polar surface area (TPSA) is 95.5 Å². The molecule has 0 unspecified atom stereocenters. The fourth-order valence-corrected chi connectivity index (χ4v) is 2.32. The third-order valence-electron chi connectivity index (χ3n) is 2.76. The molecule has 0 aliphatic rings. The van der Waals surface area contributed by atoms with Gasteiger partial charge in [-0.05, 0) is 32.0 Å². The van der Waals surface area contributed by atoms with Gasteiger partial charge in [0, 0.05) is 19.6 Å². The maximum atomic E-state index is 4.50. The Balaban J connectivity index is 2.27. The summed E-state index contributed by atoms with van der Waals surface area (Å²) in [5.41, 5.74) is 0. The third kappa shape index (κ3) is 4.28. The predicted octanol–water partition coefficient (Wildman–Crippen LogP) is 1.81. The second kappa shape index (κ2) is 7.77. The Morgan fingerprint density at radius 1 is 1.19 bits per heavy atom. The molecule has 0 aromatic carbocycles. The van der Waals surface area contributed by atoms with Gasteiger partial charge in [0.15, 0.2) is 5.16 Å². The molecular weight excluding hydrogens is 288 g/mol. The van der Waals surface area contributed by atoms with E-state index in [0.717, 1.165) is 26.1 Å². The second-order valence-corrected chi connectivity index (χ2v) is 5.19. The zero-order valence-electron chi connectivity index (χ0n) is 12.5. The van der Waals surface area contributed by atoms with Crippen molar-refractivity contribution in [3.8, 4) is 0 Å². The first kappa shape index (κ1) is 15.5. The zero-order valence-corrected chi connectivity index (χ0v) is 13.3. The lowest BCUT2D eigenvalue weighted by atomic mass is 10.5. The van der Waals surface area contributed by atoms with Crippen molar-refractivity contribution in [2.75, 3.05) is 29.9 Å². The van der Waals surface area contributed by atoms with Crippen molar-refractivity contribution in [2.45, 2.75) is 37.5 Å². The Hall–Kier alpha value is -1.90. The van der Waals surface area contributed by atoms with Gasteiger partial charge < -0.3 is 10.2 Å². The van der Waals surface area contributed by atoms with Gasteiger partial charge in [-0.2, -0.15) is 20.1 Å². The highest BCUT2D eigenvalue weighted by Gasteiger charge is 2.12. The molecule has 0 radical (unpaired) electrons. The maximum Gasteiger partial charge on any atom is 0.231 e. The molecule has 0 atom stereocenters. The molecular formula is C12H20N8S. The minimum Gasteiger partial charge on any atom is -0.354 e. The van der Waals surface area contributed by atoms with Crippen LogP contribution in [-0.4, -0.2) is 49.8 Å². The van der Waals surface area contributed by atoms with Crippen LogP contribution in [0.1, 0.15) is 27.2 Å². The van der Waals surface area contributed by atoms with Crippen LogP contribution in [0.2, 0.25) is 0 Å². The molecule has 2 heterocycles. The van der Waals surface area contributed by atoms with E-state index in [1.165, 1.54) is 18.1 Å². The summed E-state index contributed by atoms with van der Waals surface area (Å²) >= 11 is 1.34. The van der Waals surface area contributed by atoms with E-state index < -0.39 is 0 Å². The molecule has 0 bridgehead atoms. The quantitative estimate of drug-likeness (QED) is 0.762. The lowest BCUT2D eigenvalue weighted by molar-refractivity contribution is 0.779. The highest BCUT2D eigenvalue weighted by Crippen LogP contribution is 2.23. The van der Waals surface area contributed by atoms with Gasteiger partial charge >= 0.3 is 0 Å². The number of aromatic amines is 1. The number of aromatic nitrogens is 6. The lowest BCUT2D eigenvalue weighted by Gasteiger charge is -2.19. The molecule has 0 aliphatic heterocycles. The summed E-state index contributed by atoms with van der Waals surface area (Å²) in [6.07, 6.45) is 2.47. The van der Waals surface area contributed by atoms with Crippen LogP contribution in [0.15, 0.2) is 16.6 Å². The Morgan fingerprint density at radius 3 is 2.62 bits per heavy atom. The van der Waals surface area contributed by atoms with Crippen LogP contribution in [0.25, 0.3) is 0 Å². The smallest absolute Gasteiger partial charge is 0.231 e. The molecule has 2 aromatic heterocycles. The van der Waals surface area contributed by atoms with E-state index in [1.807, 2.05) is 0 Å². The van der Waals surface area contributed by atoms with E-state index in [4.69, 9.17) is 0 Å². The van der Waals surface area contributed by atoms with Gasteiger partial charge in [-0.3, -0.25) is 5.10 Å². The summed E-state index contributed by atoms with van der Waals surface area (Å²) in [6.45, 7) is 8.78. The summed E-state index contributed by atoms with van der Waals surface area (Å²) in [7, 11) is 0. The molecule has 114 valence electrons. The number of hydrogen-bond acceptors (Lipinski definition) is 8. The number of nitrogens with one attached hydrogen (secondary N) is 2. The average Bonchev–Trinajstić information content (AvgIpc) is 2.99. The number of rotatable bonds is 8. The number of nitrogens with zero attached hydrogens (tertiary/aromatic N) is 6. The summed E-state index contributed by atoms with van der Waals surface area (Å²) in [5, 5.41) is 11.1. The van der Waals surface area contributed by atoms with Crippen LogP contribution in [0.3, 0.4) is 0 Å². The highest BCUT2D eigenvalue weighted by atomic mass is 32.2. The standard InChI is InChI=1S/C12H20N8S/c1-4-7-13-9-16-10(20(5-2)6-3)18-12(17-9)21-11-14-8-15-19-11/h8H,4-7H2,1-3H3,(H,14,15,19)(H,13,16,17,18). The molecule has 0 aliphatic carbocycles. The molecule has 0 amide bonds. The van der Waals surface area contributed by atoms with Gasteiger partial charge in [0.1, 0.15) is 6.33 Å². The second-order valence-electron chi connectivity index (χ2n) is 4.23. The van der Waals surface area contributed by atoms with Crippen molar-refractivity contribution < 1.29 is 0 Å². The third-order valence-corrected chi connectivity index (χ3v) is 3.52. The minimum absolute atomic E-state index is 0.593. The highest BCUT2D eigenvalue weighted by molar-refractivity contribution is 7.99. The Kier molecular flexibility index (Phi) is 5.73. The summed E-state index contributed by atoms with van der Waals surface area (Å²) in [6, 6.07) is 0. The molecule has 0 fully saturated rings. The zero-order chi connectivity index (χ0) is 15.1. The van der Waals surface area contributed by atoms with Crippen molar-refractivity contribution in [2.24, 2.45) is 0 Å². The van der Waals surface area contributed by atoms with Crippen LogP contribution in [0.5, 0.6) is 0 Å². The van der Waals surface area contributed by atoms with Gasteiger partial charge in [0.2, 0.25) is 17.1 Å². The number of H-pyrrole nitrogens is 1. The predicted molar refractivity (Wildman–Crippen MR) is 82.7 cm³/mol. The van der Waals surface area contributed by atoms with Crippen molar-refractivity contribution in [1.29, 1.82) is 0 Å². The van der Waals surface area contributed by atoms with Gasteiger partial charge in [-0.1, -0.05) is 6.92 Å². The van der Waals surface area contributed by atoms with Crippen LogP contribution < -0.4 is 10.2 Å². The van der Waals surface area contributed by atoms with Crippen molar-refractivity contribution in [3.05, 3.63) is 6.33 Å². The monoisotopic (exact) mass is 308 g/mol. The molecule has 21 heavy (non-hydrogen) atoms. The molecule has 2 rings (SSSR count). The Morgan fingerprint density at radius 2 is 2.00 bits per heavy atom. The number of anilines is 2. The van der Waals surface area contributed by atoms with E-state index >= 15 is 0 Å². The molecule has 0 spiro atoms. The van der Waals surface area contributed by atoms with E-state index in [9.17, 15) is 0 Å². The Labute approximate surface area is 128 Å². The van der Waals surface area contributed by atoms with Crippen molar-refractivity contribution >= 4 is 23.7 Å². The molecule has 9 heteroatoms. The average molecular weight is 308 g/mol. The first-order chi connectivity index (χ1) is 10.3. The lowest BCUT2D eigenvalue weighted by Crippen LogP contribution is -2.25. The largest absolute Gasteiger partial charge is 0.354 e. The van der Waals surface area contributed by atoms with Crippen LogP contribution in [-0.2, 0) is 0 Å². The maximum absolute atomic E-state index is 4.50. The normalized spacial score (nSPS) is 10.6. The van der Waals surface area contributed by atoms with Crippen molar-refractivity contribution in [1.82, 2.24) is 30.1 Å². The van der Waals surface area contributed by atoms with Gasteiger partial charge in [-0.25, -0.2) is 4.98 Å². The van der Waals surface area contributed by atoms with Crippen LogP contribution in [0, 0.1) is 0 Å². The Bertz CT molecular complexity index is 540. The van der Waals surface area contributed by atoms with Crippen molar-refractivity contribution in [3.63, 3.8) is 0 Å². The van der Waals surface area contributed by atoms with Crippen LogP contribution >= 0.6 is 11.8 Å². The van der Waals surface area contributed by atoms with E-state index in [2.05, 4.69) is 61.1 Å². The molecule has 2 N–H and O–H groups in total. The SMILES string of the molecule is CCCNc1nc(Sc2ncn[nH]2)nc(N(CC)CC)n1. The van der Waals surface area contributed by atoms with Gasteiger partial charge in [-0.15, -0.1) is 0 Å². The van der Waals surface area contributed by atoms with Gasteiger partial charge in [0.05, 0.1) is 0 Å². The van der Waals surface area contributed by atoms with Crippen LogP contribution in [0.4, 0.5) is 11.9 Å². The minimum atomic E-state index is 0.593. The fraction of sp³-hybridized carbons (Fsp3) is 0.583. The summed E-state index contributed by atoms with van der Waals surface area (Å²) in [4.78, 5) is 19.6. The molecule has 0 saturated carbocycles. The first-order valence-electron chi connectivity index (χ1n) is 7.04. The van der Waals surface area contributed by atoms with Gasteiger partial charge in [0.25, 0.3) is 0 Å². The fourth-order valence-electron chi connectivity index (χ4n) is 1.69. The molecule has 8 nitrogen and oxygen atoms in total. The first-order valence-corrected chi connectivity index (χ1v) is 7.86. The van der Waals surface area contributed by atoms with E-state index in [0.29, 0.717) is 22.2 Å².